The van der Waals surface area contributed by atoms with Gasteiger partial charge in [-0.25, -0.2) is 0 Å². The number of methoxy groups -OCH3 is 1. The number of benzene rings is 1. The quantitative estimate of drug-likeness (QED) is 0.842. The van der Waals surface area contributed by atoms with Crippen LogP contribution in [-0.2, 0) is 9.47 Å². The van der Waals surface area contributed by atoms with Crippen molar-refractivity contribution in [2.24, 2.45) is 0 Å². The third kappa shape index (κ3) is 2.16. The van der Waals surface area contributed by atoms with Crippen molar-refractivity contribution in [3.05, 3.63) is 29.8 Å². The lowest BCUT2D eigenvalue weighted by Gasteiger charge is -2.22. The molecule has 0 spiro atoms. The van der Waals surface area contributed by atoms with E-state index in [1.54, 1.807) is 7.11 Å². The SMILES string of the molecule is COc1ccc(C2OC3CCNCC3O2)cc1. The van der Waals surface area contributed by atoms with E-state index in [9.17, 15) is 0 Å². The highest BCUT2D eigenvalue weighted by Gasteiger charge is 2.38. The fourth-order valence-electron chi connectivity index (χ4n) is 2.37. The normalized spacial score (nSPS) is 32.2. The van der Waals surface area contributed by atoms with E-state index in [4.69, 9.17) is 14.2 Å². The van der Waals surface area contributed by atoms with Crippen molar-refractivity contribution in [3.8, 4) is 5.75 Å². The largest absolute Gasteiger partial charge is 0.497 e. The van der Waals surface area contributed by atoms with Gasteiger partial charge < -0.3 is 19.5 Å². The number of fused-ring (bicyclic) bond motifs is 1. The molecule has 2 aliphatic heterocycles. The Labute approximate surface area is 101 Å². The fraction of sp³-hybridized carbons (Fsp3) is 0.538. The molecule has 0 aliphatic carbocycles. The van der Waals surface area contributed by atoms with Crippen LogP contribution in [0.1, 0.15) is 18.3 Å². The van der Waals surface area contributed by atoms with Crippen molar-refractivity contribution in [1.29, 1.82) is 0 Å². The van der Waals surface area contributed by atoms with Crippen molar-refractivity contribution < 1.29 is 14.2 Å². The Morgan fingerprint density at radius 3 is 2.65 bits per heavy atom. The van der Waals surface area contributed by atoms with Gasteiger partial charge in [0.2, 0.25) is 0 Å². The minimum Gasteiger partial charge on any atom is -0.497 e. The van der Waals surface area contributed by atoms with Crippen molar-refractivity contribution in [3.63, 3.8) is 0 Å². The summed E-state index contributed by atoms with van der Waals surface area (Å²) >= 11 is 0. The van der Waals surface area contributed by atoms with Crippen molar-refractivity contribution in [1.82, 2.24) is 5.32 Å². The summed E-state index contributed by atoms with van der Waals surface area (Å²) < 4.78 is 17.0. The summed E-state index contributed by atoms with van der Waals surface area (Å²) in [6.45, 7) is 1.90. The van der Waals surface area contributed by atoms with E-state index in [0.717, 1.165) is 30.8 Å². The first-order valence-electron chi connectivity index (χ1n) is 6.02. The number of hydrogen-bond acceptors (Lipinski definition) is 4. The van der Waals surface area contributed by atoms with Crippen molar-refractivity contribution in [2.45, 2.75) is 24.9 Å². The topological polar surface area (TPSA) is 39.7 Å². The first kappa shape index (κ1) is 11.0. The summed E-state index contributed by atoms with van der Waals surface area (Å²) in [4.78, 5) is 0. The third-order valence-electron chi connectivity index (χ3n) is 3.35. The number of nitrogens with one attached hydrogen (secondary N) is 1. The van der Waals surface area contributed by atoms with Gasteiger partial charge in [0.15, 0.2) is 6.29 Å². The summed E-state index contributed by atoms with van der Waals surface area (Å²) in [5.74, 6) is 0.853. The van der Waals surface area contributed by atoms with Gasteiger partial charge in [-0.1, -0.05) is 12.1 Å². The smallest absolute Gasteiger partial charge is 0.184 e. The van der Waals surface area contributed by atoms with E-state index in [1.165, 1.54) is 0 Å². The molecule has 92 valence electrons. The van der Waals surface area contributed by atoms with Crippen LogP contribution in [0.3, 0.4) is 0 Å². The molecule has 1 N–H and O–H groups in total. The Morgan fingerprint density at radius 2 is 1.94 bits per heavy atom. The van der Waals surface area contributed by atoms with Gasteiger partial charge in [-0.05, 0) is 25.1 Å². The zero-order valence-corrected chi connectivity index (χ0v) is 9.89. The zero-order valence-electron chi connectivity index (χ0n) is 9.89. The molecule has 0 radical (unpaired) electrons. The maximum absolute atomic E-state index is 5.92. The minimum absolute atomic E-state index is 0.191. The van der Waals surface area contributed by atoms with E-state index in [-0.39, 0.29) is 18.5 Å². The van der Waals surface area contributed by atoms with E-state index in [2.05, 4.69) is 5.32 Å². The summed E-state index contributed by atoms with van der Waals surface area (Å²) in [5.41, 5.74) is 1.06. The molecule has 0 bridgehead atoms. The molecular weight excluding hydrogens is 218 g/mol. The van der Waals surface area contributed by atoms with Crippen LogP contribution < -0.4 is 10.1 Å². The van der Waals surface area contributed by atoms with Gasteiger partial charge in [-0.2, -0.15) is 0 Å². The van der Waals surface area contributed by atoms with Gasteiger partial charge >= 0.3 is 0 Å². The Hall–Kier alpha value is -1.10. The fourth-order valence-corrected chi connectivity index (χ4v) is 2.37. The predicted octanol–water partition coefficient (Wildman–Crippen LogP) is 1.47. The first-order chi connectivity index (χ1) is 8.36. The first-order valence-corrected chi connectivity index (χ1v) is 6.02. The van der Waals surface area contributed by atoms with Crippen LogP contribution in [-0.4, -0.2) is 32.4 Å². The molecule has 0 aromatic heterocycles. The van der Waals surface area contributed by atoms with Gasteiger partial charge in [-0.3, -0.25) is 0 Å². The molecule has 2 fully saturated rings. The Balaban J connectivity index is 1.72. The van der Waals surface area contributed by atoms with Crippen LogP contribution >= 0.6 is 0 Å². The van der Waals surface area contributed by atoms with Gasteiger partial charge in [0.05, 0.1) is 19.3 Å². The standard InChI is InChI=1S/C13H17NO3/c1-15-10-4-2-9(3-5-10)13-16-11-6-7-14-8-12(11)17-13/h2-5,11-14H,6-8H2,1H3. The molecule has 17 heavy (non-hydrogen) atoms. The maximum atomic E-state index is 5.92. The Bertz CT molecular complexity index is 365. The van der Waals surface area contributed by atoms with E-state index < -0.39 is 0 Å². The van der Waals surface area contributed by atoms with Crippen molar-refractivity contribution in [2.75, 3.05) is 20.2 Å². The van der Waals surface area contributed by atoms with E-state index in [1.807, 2.05) is 24.3 Å². The number of rotatable bonds is 2. The lowest BCUT2D eigenvalue weighted by molar-refractivity contribution is -0.0668. The van der Waals surface area contributed by atoms with Crippen LogP contribution in [0.2, 0.25) is 0 Å². The predicted molar refractivity (Wildman–Crippen MR) is 63.0 cm³/mol. The number of piperidine rings is 1. The summed E-state index contributed by atoms with van der Waals surface area (Å²) in [5, 5.41) is 3.32. The van der Waals surface area contributed by atoms with Crippen LogP contribution in [0.5, 0.6) is 5.75 Å². The van der Waals surface area contributed by atoms with Gasteiger partial charge in [0.1, 0.15) is 5.75 Å². The average Bonchev–Trinajstić information content (AvgIpc) is 2.82. The molecule has 2 aliphatic rings. The minimum atomic E-state index is -0.226. The van der Waals surface area contributed by atoms with E-state index in [0.29, 0.717) is 0 Å². The Kier molecular flexibility index (Phi) is 3.01. The lowest BCUT2D eigenvalue weighted by Crippen LogP contribution is -2.41. The maximum Gasteiger partial charge on any atom is 0.184 e. The Morgan fingerprint density at radius 1 is 1.18 bits per heavy atom. The number of ether oxygens (including phenoxy) is 3. The van der Waals surface area contributed by atoms with Crippen LogP contribution in [0, 0.1) is 0 Å². The summed E-state index contributed by atoms with van der Waals surface area (Å²) in [6, 6.07) is 7.85. The monoisotopic (exact) mass is 235 g/mol. The molecule has 0 saturated carbocycles. The molecule has 2 saturated heterocycles. The molecule has 1 aromatic rings. The molecule has 2 heterocycles. The highest BCUT2D eigenvalue weighted by molar-refractivity contribution is 5.28. The highest BCUT2D eigenvalue weighted by Crippen LogP contribution is 2.34. The van der Waals surface area contributed by atoms with Crippen LogP contribution in [0.15, 0.2) is 24.3 Å². The van der Waals surface area contributed by atoms with Gasteiger partial charge in [0, 0.05) is 12.1 Å². The second-order valence-corrected chi connectivity index (χ2v) is 4.45. The molecule has 3 rings (SSSR count). The van der Waals surface area contributed by atoms with E-state index >= 15 is 0 Å². The molecule has 3 atom stereocenters. The second-order valence-electron chi connectivity index (χ2n) is 4.45. The van der Waals surface area contributed by atoms with Crippen LogP contribution in [0.4, 0.5) is 0 Å². The number of hydrogen-bond donors (Lipinski definition) is 1. The van der Waals surface area contributed by atoms with Crippen molar-refractivity contribution >= 4 is 0 Å². The molecule has 0 amide bonds. The molecule has 4 nitrogen and oxygen atoms in total. The van der Waals surface area contributed by atoms with Crippen LogP contribution in [0.25, 0.3) is 0 Å². The average molecular weight is 235 g/mol. The molecular formula is C13H17NO3. The zero-order chi connectivity index (χ0) is 11.7. The molecule has 3 unspecified atom stereocenters. The summed E-state index contributed by atoms with van der Waals surface area (Å²) in [6.07, 6.45) is 1.23. The van der Waals surface area contributed by atoms with Gasteiger partial charge in [0.25, 0.3) is 0 Å². The summed E-state index contributed by atoms with van der Waals surface area (Å²) in [7, 11) is 1.66. The molecule has 1 aromatic carbocycles. The van der Waals surface area contributed by atoms with Gasteiger partial charge in [-0.15, -0.1) is 0 Å². The lowest BCUT2D eigenvalue weighted by atomic mass is 10.1. The highest BCUT2D eigenvalue weighted by atomic mass is 16.7. The second kappa shape index (κ2) is 4.64. The molecule has 4 heteroatoms. The third-order valence-corrected chi connectivity index (χ3v) is 3.35.